The molecule has 50 valence electrons. The maximum atomic E-state index is 4.34. The van der Waals surface area contributed by atoms with Crippen molar-refractivity contribution in [3.8, 4) is 0 Å². The van der Waals surface area contributed by atoms with E-state index in [1.807, 2.05) is 0 Å². The number of hydrogen-bond donors (Lipinski definition) is 0. The van der Waals surface area contributed by atoms with Gasteiger partial charge in [0.1, 0.15) is 0 Å². The summed E-state index contributed by atoms with van der Waals surface area (Å²) in [6.45, 7) is 4.49. The molecule has 9 heavy (non-hydrogen) atoms. The Hall–Kier alpha value is 0.0200. The predicted molar refractivity (Wildman–Crippen MR) is 41.8 cm³/mol. The van der Waals surface area contributed by atoms with Gasteiger partial charge in [-0.2, -0.15) is 0 Å². The molecule has 3 rings (SSSR count). The molecule has 0 N–H and O–H groups in total. The Morgan fingerprint density at radius 1 is 1.67 bits per heavy atom. The first-order chi connectivity index (χ1) is 4.29. The summed E-state index contributed by atoms with van der Waals surface area (Å²) in [6.07, 6.45) is 1.39. The second-order valence-electron chi connectivity index (χ2n) is 3.08. The van der Waals surface area contributed by atoms with Crippen LogP contribution in [0.15, 0.2) is 4.40 Å². The van der Waals surface area contributed by atoms with Gasteiger partial charge in [0.2, 0.25) is 0 Å². The molecule has 2 bridgehead atoms. The Morgan fingerprint density at radius 3 is 2.78 bits per heavy atom. The van der Waals surface area contributed by atoms with Crippen LogP contribution in [0.1, 0.15) is 20.3 Å². The molecule has 0 aromatic rings. The van der Waals surface area contributed by atoms with Gasteiger partial charge in [-0.05, 0) is 31.2 Å². The molecular weight excluding hydrogens is 130 g/mol. The molecule has 1 nitrogen and oxygen atoms in total. The lowest BCUT2D eigenvalue weighted by Crippen LogP contribution is -2.43. The van der Waals surface area contributed by atoms with Crippen LogP contribution in [0.5, 0.6) is 0 Å². The normalized spacial score (nSPS) is 47.8. The molecule has 0 aromatic carbocycles. The van der Waals surface area contributed by atoms with E-state index in [0.29, 0.717) is 0 Å². The van der Waals surface area contributed by atoms with Crippen molar-refractivity contribution in [3.05, 3.63) is 0 Å². The van der Waals surface area contributed by atoms with Crippen molar-refractivity contribution in [1.29, 1.82) is 0 Å². The summed E-state index contributed by atoms with van der Waals surface area (Å²) in [5.74, 6) is 1.75. The summed E-state index contributed by atoms with van der Waals surface area (Å²) in [5, 5.41) is 0.860. The molecule has 0 amide bonds. The van der Waals surface area contributed by atoms with E-state index in [-0.39, 0.29) is 0 Å². The van der Waals surface area contributed by atoms with Gasteiger partial charge in [-0.1, -0.05) is 6.92 Å². The fourth-order valence-corrected chi connectivity index (χ4v) is 2.76. The Bertz CT molecular complexity index is 164. The Kier molecular flexibility index (Phi) is 1.12. The maximum Gasteiger partial charge on any atom is 0.0305 e. The van der Waals surface area contributed by atoms with Gasteiger partial charge in [-0.15, -0.1) is 0 Å². The van der Waals surface area contributed by atoms with Crippen molar-refractivity contribution < 1.29 is 0 Å². The first kappa shape index (κ1) is 5.78. The molecule has 0 saturated heterocycles. The van der Waals surface area contributed by atoms with Gasteiger partial charge >= 0.3 is 0 Å². The maximum absolute atomic E-state index is 4.34. The minimum Gasteiger partial charge on any atom is -0.225 e. The lowest BCUT2D eigenvalue weighted by atomic mass is 9.72. The zero-order valence-corrected chi connectivity index (χ0v) is 6.61. The van der Waals surface area contributed by atoms with Gasteiger partial charge in [-0.25, -0.2) is 4.40 Å². The first-order valence-electron chi connectivity index (χ1n) is 3.49. The fraction of sp³-hybridized carbons (Fsp3) is 0.857. The Balaban J connectivity index is 2.22. The highest BCUT2D eigenvalue weighted by molar-refractivity contribution is 7.99. The van der Waals surface area contributed by atoms with E-state index >= 15 is 0 Å². The zero-order chi connectivity index (χ0) is 6.43. The molecule has 2 aliphatic heterocycles. The summed E-state index contributed by atoms with van der Waals surface area (Å²) >= 11 is 1.79. The highest BCUT2D eigenvalue weighted by Crippen LogP contribution is 2.47. The van der Waals surface area contributed by atoms with Crippen molar-refractivity contribution in [2.75, 3.05) is 0 Å². The van der Waals surface area contributed by atoms with E-state index in [0.717, 1.165) is 17.1 Å². The highest BCUT2D eigenvalue weighted by Gasteiger charge is 2.42. The third kappa shape index (κ3) is 0.658. The van der Waals surface area contributed by atoms with E-state index in [9.17, 15) is 0 Å². The first-order valence-corrected chi connectivity index (χ1v) is 4.33. The van der Waals surface area contributed by atoms with Crippen molar-refractivity contribution in [1.82, 2.24) is 0 Å². The summed E-state index contributed by atoms with van der Waals surface area (Å²) in [6, 6.07) is 0. The topological polar surface area (TPSA) is 12.4 Å². The standard InChI is InChI=1S/C7H11NS/c1-4-6-3-7(4)9-8-5(6)2/h4,6-7H,3H2,1-2H3. The quantitative estimate of drug-likeness (QED) is 0.471. The average Bonchev–Trinajstić information content (AvgIpc) is 1.86. The molecule has 0 aromatic heterocycles. The van der Waals surface area contributed by atoms with Crippen molar-refractivity contribution in [3.63, 3.8) is 0 Å². The molecule has 1 aliphatic carbocycles. The molecule has 1 saturated carbocycles. The zero-order valence-electron chi connectivity index (χ0n) is 5.79. The lowest BCUT2D eigenvalue weighted by Gasteiger charge is -2.44. The van der Waals surface area contributed by atoms with Crippen molar-refractivity contribution in [2.24, 2.45) is 16.2 Å². The van der Waals surface area contributed by atoms with E-state index in [2.05, 4.69) is 18.2 Å². The van der Waals surface area contributed by atoms with Crippen LogP contribution < -0.4 is 0 Å². The summed E-state index contributed by atoms with van der Waals surface area (Å²) < 4.78 is 4.34. The number of hydrogen-bond acceptors (Lipinski definition) is 2. The molecule has 0 spiro atoms. The van der Waals surface area contributed by atoms with Crippen LogP contribution in [-0.2, 0) is 0 Å². The third-order valence-corrected chi connectivity index (χ3v) is 3.86. The van der Waals surface area contributed by atoms with Crippen molar-refractivity contribution >= 4 is 17.7 Å². The molecule has 0 radical (unpaired) electrons. The highest BCUT2D eigenvalue weighted by atomic mass is 32.2. The Labute approximate surface area is 60.1 Å². The van der Waals surface area contributed by atoms with Crippen LogP contribution >= 0.6 is 11.9 Å². The fourth-order valence-electron chi connectivity index (χ4n) is 1.65. The lowest BCUT2D eigenvalue weighted by molar-refractivity contribution is 0.281. The van der Waals surface area contributed by atoms with Gasteiger partial charge in [0.15, 0.2) is 0 Å². The smallest absolute Gasteiger partial charge is 0.0305 e. The number of fused-ring (bicyclic) bond motifs is 1. The van der Waals surface area contributed by atoms with Crippen LogP contribution in [0.4, 0.5) is 0 Å². The van der Waals surface area contributed by atoms with Gasteiger partial charge in [0.05, 0.1) is 0 Å². The Morgan fingerprint density at radius 2 is 2.44 bits per heavy atom. The van der Waals surface area contributed by atoms with E-state index in [1.54, 1.807) is 11.9 Å². The predicted octanol–water partition coefficient (Wildman–Crippen LogP) is 2.13. The van der Waals surface area contributed by atoms with Gasteiger partial charge in [0, 0.05) is 16.9 Å². The van der Waals surface area contributed by atoms with Gasteiger partial charge in [-0.3, -0.25) is 0 Å². The van der Waals surface area contributed by atoms with Gasteiger partial charge in [0.25, 0.3) is 0 Å². The van der Waals surface area contributed by atoms with Crippen molar-refractivity contribution in [2.45, 2.75) is 25.5 Å². The summed E-state index contributed by atoms with van der Waals surface area (Å²) in [4.78, 5) is 0. The van der Waals surface area contributed by atoms with Crippen LogP contribution in [0.3, 0.4) is 0 Å². The van der Waals surface area contributed by atoms with Crippen LogP contribution in [-0.4, -0.2) is 11.0 Å². The molecule has 3 atom stereocenters. The van der Waals surface area contributed by atoms with Crippen LogP contribution in [0, 0.1) is 11.8 Å². The van der Waals surface area contributed by atoms with E-state index < -0.39 is 0 Å². The van der Waals surface area contributed by atoms with E-state index in [1.165, 1.54) is 12.1 Å². The van der Waals surface area contributed by atoms with E-state index in [4.69, 9.17) is 0 Å². The third-order valence-electron chi connectivity index (χ3n) is 2.58. The number of nitrogens with zero attached hydrogens (tertiary/aromatic N) is 1. The molecule has 2 heteroatoms. The molecule has 1 fully saturated rings. The monoisotopic (exact) mass is 141 g/mol. The molecular formula is C7H11NS. The molecule has 3 aliphatic rings. The largest absolute Gasteiger partial charge is 0.225 e. The van der Waals surface area contributed by atoms with Crippen LogP contribution in [0.2, 0.25) is 0 Å². The molecule has 3 unspecified atom stereocenters. The van der Waals surface area contributed by atoms with Gasteiger partial charge < -0.3 is 0 Å². The summed E-state index contributed by atoms with van der Waals surface area (Å²) in [7, 11) is 0. The average molecular weight is 141 g/mol. The minimum atomic E-state index is 0.844. The minimum absolute atomic E-state index is 0.844. The second-order valence-corrected chi connectivity index (χ2v) is 4.08. The molecule has 2 heterocycles. The SMILES string of the molecule is CC1=NSC2CC1C2C. The number of rotatable bonds is 0. The van der Waals surface area contributed by atoms with Crippen LogP contribution in [0.25, 0.3) is 0 Å². The summed E-state index contributed by atoms with van der Waals surface area (Å²) in [5.41, 5.74) is 1.37. The second kappa shape index (κ2) is 1.75.